The summed E-state index contributed by atoms with van der Waals surface area (Å²) in [5, 5.41) is 10.4. The Morgan fingerprint density at radius 1 is 1.35 bits per heavy atom. The molecule has 9 heteroatoms. The summed E-state index contributed by atoms with van der Waals surface area (Å²) in [6.45, 7) is 4.77. The zero-order valence-corrected chi connectivity index (χ0v) is 14.7. The van der Waals surface area contributed by atoms with Crippen molar-refractivity contribution < 1.29 is 23.1 Å². The van der Waals surface area contributed by atoms with Gasteiger partial charge < -0.3 is 9.84 Å². The van der Waals surface area contributed by atoms with E-state index in [4.69, 9.17) is 16.3 Å². The van der Waals surface area contributed by atoms with Gasteiger partial charge in [-0.25, -0.2) is 9.52 Å². The lowest BCUT2D eigenvalue weighted by Crippen LogP contribution is -2.43. The van der Waals surface area contributed by atoms with Crippen LogP contribution >= 0.6 is 11.6 Å². The molecule has 0 aliphatic heterocycles. The minimum absolute atomic E-state index is 0.0788. The lowest BCUT2D eigenvalue weighted by Gasteiger charge is -2.19. The predicted octanol–water partition coefficient (Wildman–Crippen LogP) is 2.12. The summed E-state index contributed by atoms with van der Waals surface area (Å²) in [6, 6.07) is 6.74. The summed E-state index contributed by atoms with van der Waals surface area (Å²) in [5.74, 6) is 0. The van der Waals surface area contributed by atoms with Gasteiger partial charge >= 0.3 is 16.3 Å². The quantitative estimate of drug-likeness (QED) is 0.717. The van der Waals surface area contributed by atoms with Crippen molar-refractivity contribution in [2.24, 2.45) is 0 Å². The second kappa shape index (κ2) is 7.96. The predicted molar refractivity (Wildman–Crippen MR) is 87.3 cm³/mol. The molecule has 1 unspecified atom stereocenters. The van der Waals surface area contributed by atoms with E-state index in [0.29, 0.717) is 10.6 Å². The van der Waals surface area contributed by atoms with Gasteiger partial charge in [0, 0.05) is 11.6 Å². The van der Waals surface area contributed by atoms with Crippen LogP contribution in [0, 0.1) is 0 Å². The summed E-state index contributed by atoms with van der Waals surface area (Å²) in [7, 11) is -4.06. The van der Waals surface area contributed by atoms with Gasteiger partial charge in [-0.1, -0.05) is 29.8 Å². The lowest BCUT2D eigenvalue weighted by molar-refractivity contribution is 0.0569. The number of hydrogen-bond acceptors (Lipinski definition) is 5. The number of hydrogen-bond donors (Lipinski definition) is 3. The van der Waals surface area contributed by atoms with E-state index in [0.717, 1.165) is 0 Å². The van der Waals surface area contributed by atoms with E-state index in [9.17, 15) is 18.3 Å². The third-order valence-corrected chi connectivity index (χ3v) is 3.95. The smallest absolute Gasteiger partial charge is 0.422 e. The number of amides is 1. The van der Waals surface area contributed by atoms with Crippen LogP contribution in [0.1, 0.15) is 38.9 Å². The first-order valence-corrected chi connectivity index (χ1v) is 8.79. The molecular weight excluding hydrogens is 344 g/mol. The molecule has 0 saturated heterocycles. The van der Waals surface area contributed by atoms with Crippen LogP contribution < -0.4 is 9.44 Å². The summed E-state index contributed by atoms with van der Waals surface area (Å²) in [5.41, 5.74) is -0.298. The first kappa shape index (κ1) is 19.7. The van der Waals surface area contributed by atoms with Crippen LogP contribution in [0.5, 0.6) is 0 Å². The number of aliphatic hydroxyl groups is 1. The van der Waals surface area contributed by atoms with Crippen molar-refractivity contribution in [3.8, 4) is 0 Å². The fourth-order valence-electron chi connectivity index (χ4n) is 1.68. The first-order chi connectivity index (χ1) is 10.5. The van der Waals surface area contributed by atoms with Gasteiger partial charge in [-0.2, -0.15) is 13.1 Å². The lowest BCUT2D eigenvalue weighted by atomic mass is 10.1. The number of halogens is 1. The Labute approximate surface area is 141 Å². The standard InChI is InChI=1S/C14H21ClN2O5S/c1-14(2,3)22-13(19)17-23(20,21)16-9-8-12(18)10-6-4-5-7-11(10)15/h4-7,12,16,18H,8-9H2,1-3H3,(H,17,19). The third-order valence-electron chi connectivity index (χ3n) is 2.59. The molecule has 0 radical (unpaired) electrons. The van der Waals surface area contributed by atoms with Crippen LogP contribution in [-0.2, 0) is 14.9 Å². The molecule has 1 aromatic rings. The Kier molecular flexibility index (Phi) is 6.82. The normalized spacial score (nSPS) is 13.4. The highest BCUT2D eigenvalue weighted by Crippen LogP contribution is 2.24. The fourth-order valence-corrected chi connectivity index (χ4v) is 2.66. The van der Waals surface area contributed by atoms with Crippen molar-refractivity contribution in [1.29, 1.82) is 0 Å². The topological polar surface area (TPSA) is 105 Å². The van der Waals surface area contributed by atoms with Gasteiger partial charge in [0.05, 0.1) is 6.10 Å². The molecule has 1 aromatic carbocycles. The highest BCUT2D eigenvalue weighted by Gasteiger charge is 2.21. The molecule has 23 heavy (non-hydrogen) atoms. The fraction of sp³-hybridized carbons (Fsp3) is 0.500. The van der Waals surface area contributed by atoms with Crippen molar-refractivity contribution in [2.45, 2.75) is 38.9 Å². The Balaban J connectivity index is 2.48. The minimum atomic E-state index is -4.06. The summed E-state index contributed by atoms with van der Waals surface area (Å²) in [4.78, 5) is 11.4. The van der Waals surface area contributed by atoms with E-state index < -0.39 is 28.0 Å². The Morgan fingerprint density at radius 3 is 2.52 bits per heavy atom. The molecule has 0 bridgehead atoms. The SMILES string of the molecule is CC(C)(C)OC(=O)NS(=O)(=O)NCCC(O)c1ccccc1Cl. The van der Waals surface area contributed by atoms with Gasteiger partial charge in [0.1, 0.15) is 5.60 Å². The van der Waals surface area contributed by atoms with Gasteiger partial charge in [0.2, 0.25) is 0 Å². The molecule has 7 nitrogen and oxygen atoms in total. The van der Waals surface area contributed by atoms with Crippen molar-refractivity contribution in [1.82, 2.24) is 9.44 Å². The highest BCUT2D eigenvalue weighted by atomic mass is 35.5. The molecule has 1 amide bonds. The van der Waals surface area contributed by atoms with E-state index in [2.05, 4.69) is 4.72 Å². The van der Waals surface area contributed by atoms with Gasteiger partial charge in [0.25, 0.3) is 0 Å². The maximum Gasteiger partial charge on any atom is 0.422 e. The molecule has 0 fully saturated rings. The van der Waals surface area contributed by atoms with E-state index >= 15 is 0 Å². The monoisotopic (exact) mass is 364 g/mol. The van der Waals surface area contributed by atoms with Gasteiger partial charge in [-0.15, -0.1) is 0 Å². The summed E-state index contributed by atoms with van der Waals surface area (Å²) < 4.78 is 32.1. The summed E-state index contributed by atoms with van der Waals surface area (Å²) >= 11 is 5.95. The van der Waals surface area contributed by atoms with Crippen LogP contribution in [0.15, 0.2) is 24.3 Å². The largest absolute Gasteiger partial charge is 0.443 e. The van der Waals surface area contributed by atoms with Crippen molar-refractivity contribution in [3.63, 3.8) is 0 Å². The van der Waals surface area contributed by atoms with Crippen molar-refractivity contribution in [2.75, 3.05) is 6.54 Å². The second-order valence-electron chi connectivity index (χ2n) is 5.83. The highest BCUT2D eigenvalue weighted by molar-refractivity contribution is 7.88. The number of carbonyl (C=O) groups is 1. The number of nitrogens with one attached hydrogen (secondary N) is 2. The van der Waals surface area contributed by atoms with Crippen LogP contribution in [0.4, 0.5) is 4.79 Å². The van der Waals surface area contributed by atoms with E-state index in [1.807, 2.05) is 0 Å². The zero-order valence-electron chi connectivity index (χ0n) is 13.2. The maximum absolute atomic E-state index is 11.7. The van der Waals surface area contributed by atoms with Crippen LogP contribution in [0.25, 0.3) is 0 Å². The maximum atomic E-state index is 11.7. The van der Waals surface area contributed by atoms with E-state index in [1.165, 1.54) is 0 Å². The van der Waals surface area contributed by atoms with Gasteiger partial charge in [0.15, 0.2) is 0 Å². The van der Waals surface area contributed by atoms with Crippen molar-refractivity contribution in [3.05, 3.63) is 34.9 Å². The second-order valence-corrected chi connectivity index (χ2v) is 7.73. The molecule has 0 aliphatic rings. The van der Waals surface area contributed by atoms with Gasteiger partial charge in [-0.05, 0) is 38.8 Å². The Bertz CT molecular complexity index is 643. The molecular formula is C14H21ClN2O5S. The Morgan fingerprint density at radius 2 is 1.96 bits per heavy atom. The average molecular weight is 365 g/mol. The van der Waals surface area contributed by atoms with E-state index in [1.54, 1.807) is 49.8 Å². The average Bonchev–Trinajstić information content (AvgIpc) is 2.35. The van der Waals surface area contributed by atoms with Gasteiger partial charge in [-0.3, -0.25) is 0 Å². The van der Waals surface area contributed by atoms with Crippen LogP contribution in [0.3, 0.4) is 0 Å². The molecule has 0 saturated carbocycles. The number of rotatable bonds is 6. The van der Waals surface area contributed by atoms with E-state index in [-0.39, 0.29) is 13.0 Å². The molecule has 0 heterocycles. The van der Waals surface area contributed by atoms with Crippen LogP contribution in [-0.4, -0.2) is 31.8 Å². The number of ether oxygens (including phenoxy) is 1. The minimum Gasteiger partial charge on any atom is -0.443 e. The number of carbonyl (C=O) groups excluding carboxylic acids is 1. The summed E-state index contributed by atoms with van der Waals surface area (Å²) in [6.07, 6.45) is -1.90. The number of benzene rings is 1. The molecule has 0 aromatic heterocycles. The molecule has 1 atom stereocenters. The molecule has 1 rings (SSSR count). The molecule has 130 valence electrons. The van der Waals surface area contributed by atoms with Crippen LogP contribution in [0.2, 0.25) is 5.02 Å². The first-order valence-electron chi connectivity index (χ1n) is 6.93. The number of aliphatic hydroxyl groups excluding tert-OH is 1. The Hall–Kier alpha value is -1.35. The third kappa shape index (κ3) is 7.65. The molecule has 0 spiro atoms. The van der Waals surface area contributed by atoms with Crippen molar-refractivity contribution >= 4 is 27.9 Å². The molecule has 0 aliphatic carbocycles. The molecule has 3 N–H and O–H groups in total. The zero-order chi connectivity index (χ0) is 17.7.